The van der Waals surface area contributed by atoms with Crippen LogP contribution in [0.1, 0.15) is 36.1 Å². The molecular weight excluding hydrogens is 394 g/mol. The highest BCUT2D eigenvalue weighted by atomic mass is 16.3. The number of pyridine rings is 1. The van der Waals surface area contributed by atoms with Gasteiger partial charge in [0.25, 0.3) is 0 Å². The summed E-state index contributed by atoms with van der Waals surface area (Å²) >= 11 is 0. The molecule has 0 saturated carbocycles. The first-order valence-corrected chi connectivity index (χ1v) is 11.9. The summed E-state index contributed by atoms with van der Waals surface area (Å²) in [7, 11) is 0. The number of rotatable bonds is 10. The molecule has 32 heavy (non-hydrogen) atoms. The molecule has 1 aromatic heterocycles. The Morgan fingerprint density at radius 3 is 2.31 bits per heavy atom. The predicted molar refractivity (Wildman–Crippen MR) is 130 cm³/mol. The lowest BCUT2D eigenvalue weighted by molar-refractivity contribution is 0.167. The number of aromatic nitrogens is 1. The van der Waals surface area contributed by atoms with Gasteiger partial charge in [0.2, 0.25) is 0 Å². The van der Waals surface area contributed by atoms with Crippen molar-refractivity contribution in [3.8, 4) is 5.75 Å². The molecule has 4 rings (SSSR count). The Morgan fingerprint density at radius 2 is 1.59 bits per heavy atom. The zero-order chi connectivity index (χ0) is 22.0. The number of benzene rings is 2. The van der Waals surface area contributed by atoms with E-state index >= 15 is 0 Å². The second-order valence-electron chi connectivity index (χ2n) is 9.03. The number of phenols is 1. The summed E-state index contributed by atoms with van der Waals surface area (Å²) in [6, 6.07) is 24.6. The Bertz CT molecular complexity index is 906. The topological polar surface area (TPSA) is 39.6 Å². The number of nitrogens with zero attached hydrogens (tertiary/aromatic N) is 3. The molecule has 0 atom stereocenters. The van der Waals surface area contributed by atoms with Crippen molar-refractivity contribution in [1.29, 1.82) is 0 Å². The van der Waals surface area contributed by atoms with Gasteiger partial charge in [-0.25, -0.2) is 0 Å². The van der Waals surface area contributed by atoms with Crippen LogP contribution >= 0.6 is 0 Å². The molecular formula is C28H35N3O. The number of aromatic hydroxyl groups is 1. The SMILES string of the molecule is Oc1ccc(CN(CCCN2CCC(Cc3ccccc3)CC2)Cc2ccccn2)cc1. The van der Waals surface area contributed by atoms with Gasteiger partial charge in [-0.15, -0.1) is 0 Å². The molecule has 0 unspecified atom stereocenters. The summed E-state index contributed by atoms with van der Waals surface area (Å²) in [5.74, 6) is 1.14. The third-order valence-electron chi connectivity index (χ3n) is 6.48. The van der Waals surface area contributed by atoms with E-state index in [-0.39, 0.29) is 0 Å². The molecule has 0 radical (unpaired) electrons. The zero-order valence-corrected chi connectivity index (χ0v) is 18.9. The Hall–Kier alpha value is -2.69. The second-order valence-corrected chi connectivity index (χ2v) is 9.03. The Balaban J connectivity index is 1.24. The average Bonchev–Trinajstić information content (AvgIpc) is 2.83. The normalized spacial score (nSPS) is 15.3. The van der Waals surface area contributed by atoms with Gasteiger partial charge in [0, 0.05) is 25.8 Å². The minimum absolute atomic E-state index is 0.320. The third kappa shape index (κ3) is 7.18. The van der Waals surface area contributed by atoms with Crippen LogP contribution in [-0.4, -0.2) is 46.1 Å². The molecule has 2 heterocycles. The molecule has 168 valence electrons. The largest absolute Gasteiger partial charge is 0.508 e. The van der Waals surface area contributed by atoms with Crippen LogP contribution in [0.3, 0.4) is 0 Å². The van der Waals surface area contributed by atoms with Crippen molar-refractivity contribution < 1.29 is 5.11 Å². The summed E-state index contributed by atoms with van der Waals surface area (Å²) in [5, 5.41) is 9.58. The smallest absolute Gasteiger partial charge is 0.115 e. The van der Waals surface area contributed by atoms with Crippen LogP contribution in [0.2, 0.25) is 0 Å². The van der Waals surface area contributed by atoms with E-state index < -0.39 is 0 Å². The number of piperidine rings is 1. The van der Waals surface area contributed by atoms with E-state index in [1.54, 1.807) is 12.1 Å². The van der Waals surface area contributed by atoms with Gasteiger partial charge in [-0.3, -0.25) is 9.88 Å². The van der Waals surface area contributed by atoms with Gasteiger partial charge >= 0.3 is 0 Å². The Labute approximate surface area is 192 Å². The average molecular weight is 430 g/mol. The van der Waals surface area contributed by atoms with E-state index in [9.17, 15) is 5.11 Å². The van der Waals surface area contributed by atoms with E-state index in [0.717, 1.165) is 44.2 Å². The van der Waals surface area contributed by atoms with Gasteiger partial charge in [0.1, 0.15) is 5.75 Å². The first-order valence-electron chi connectivity index (χ1n) is 11.9. The van der Waals surface area contributed by atoms with Crippen LogP contribution in [-0.2, 0) is 19.5 Å². The fraction of sp³-hybridized carbons (Fsp3) is 0.393. The first kappa shape index (κ1) is 22.5. The van der Waals surface area contributed by atoms with Gasteiger partial charge in [0.15, 0.2) is 0 Å². The van der Waals surface area contributed by atoms with Crippen molar-refractivity contribution >= 4 is 0 Å². The van der Waals surface area contributed by atoms with Crippen LogP contribution < -0.4 is 0 Å². The van der Waals surface area contributed by atoms with Gasteiger partial charge in [0.05, 0.1) is 5.69 Å². The first-order chi connectivity index (χ1) is 15.7. The molecule has 1 saturated heterocycles. The van der Waals surface area contributed by atoms with E-state index in [4.69, 9.17) is 0 Å². The van der Waals surface area contributed by atoms with Crippen molar-refractivity contribution in [2.45, 2.75) is 38.8 Å². The Morgan fingerprint density at radius 1 is 0.844 bits per heavy atom. The summed E-state index contributed by atoms with van der Waals surface area (Å²) in [6.45, 7) is 6.36. The summed E-state index contributed by atoms with van der Waals surface area (Å²) in [4.78, 5) is 9.63. The molecule has 1 aliphatic heterocycles. The summed E-state index contributed by atoms with van der Waals surface area (Å²) in [5.41, 5.74) is 3.80. The van der Waals surface area contributed by atoms with E-state index in [2.05, 4.69) is 57.2 Å². The monoisotopic (exact) mass is 429 g/mol. The standard InChI is InChI=1S/C28H35N3O/c32-28-12-10-26(11-13-28)22-31(23-27-9-4-5-16-29-27)18-6-17-30-19-14-25(15-20-30)21-24-7-2-1-3-8-24/h1-5,7-13,16,25,32H,6,14-15,17-23H2. The maximum absolute atomic E-state index is 9.58. The number of phenolic OH excluding ortho intramolecular Hbond substituents is 1. The van der Waals surface area contributed by atoms with E-state index in [0.29, 0.717) is 5.75 Å². The van der Waals surface area contributed by atoms with Crippen LogP contribution in [0.5, 0.6) is 5.75 Å². The van der Waals surface area contributed by atoms with Crippen molar-refractivity contribution in [2.24, 2.45) is 5.92 Å². The molecule has 0 amide bonds. The lowest BCUT2D eigenvalue weighted by atomic mass is 9.90. The molecule has 0 spiro atoms. The van der Waals surface area contributed by atoms with Crippen LogP contribution in [0, 0.1) is 5.92 Å². The van der Waals surface area contributed by atoms with Crippen molar-refractivity contribution in [1.82, 2.24) is 14.8 Å². The fourth-order valence-electron chi connectivity index (χ4n) is 4.67. The minimum atomic E-state index is 0.320. The minimum Gasteiger partial charge on any atom is -0.508 e. The highest BCUT2D eigenvalue weighted by Crippen LogP contribution is 2.22. The molecule has 4 heteroatoms. The van der Waals surface area contributed by atoms with Crippen molar-refractivity contribution in [3.63, 3.8) is 0 Å². The van der Waals surface area contributed by atoms with Gasteiger partial charge in [-0.2, -0.15) is 0 Å². The molecule has 1 fully saturated rings. The van der Waals surface area contributed by atoms with Crippen molar-refractivity contribution in [2.75, 3.05) is 26.2 Å². The number of likely N-dealkylation sites (tertiary alicyclic amines) is 1. The zero-order valence-electron chi connectivity index (χ0n) is 18.9. The molecule has 1 aliphatic rings. The second kappa shape index (κ2) is 11.8. The highest BCUT2D eigenvalue weighted by Gasteiger charge is 2.19. The predicted octanol–water partition coefficient (Wildman–Crippen LogP) is 5.13. The Kier molecular flexibility index (Phi) is 8.29. The lowest BCUT2D eigenvalue weighted by Crippen LogP contribution is -2.36. The van der Waals surface area contributed by atoms with Crippen molar-refractivity contribution in [3.05, 3.63) is 95.8 Å². The third-order valence-corrected chi connectivity index (χ3v) is 6.48. The lowest BCUT2D eigenvalue weighted by Gasteiger charge is -2.32. The molecule has 0 aliphatic carbocycles. The van der Waals surface area contributed by atoms with Gasteiger partial charge in [-0.1, -0.05) is 48.5 Å². The van der Waals surface area contributed by atoms with Crippen LogP contribution in [0.4, 0.5) is 0 Å². The van der Waals surface area contributed by atoms with Gasteiger partial charge in [-0.05, 0) is 86.6 Å². The molecule has 0 bridgehead atoms. The molecule has 4 nitrogen and oxygen atoms in total. The maximum atomic E-state index is 9.58. The quantitative estimate of drug-likeness (QED) is 0.485. The summed E-state index contributed by atoms with van der Waals surface area (Å²) in [6.07, 6.45) is 6.86. The van der Waals surface area contributed by atoms with E-state index in [1.807, 2.05) is 24.4 Å². The van der Waals surface area contributed by atoms with Crippen LogP contribution in [0.25, 0.3) is 0 Å². The molecule has 1 N–H and O–H groups in total. The van der Waals surface area contributed by atoms with Gasteiger partial charge < -0.3 is 10.0 Å². The van der Waals surface area contributed by atoms with Crippen LogP contribution in [0.15, 0.2) is 79.0 Å². The summed E-state index contributed by atoms with van der Waals surface area (Å²) < 4.78 is 0. The highest BCUT2D eigenvalue weighted by molar-refractivity contribution is 5.25. The maximum Gasteiger partial charge on any atom is 0.115 e. The molecule has 3 aromatic rings. The fourth-order valence-corrected chi connectivity index (χ4v) is 4.67. The van der Waals surface area contributed by atoms with E-state index in [1.165, 1.54) is 43.5 Å². The number of hydrogen-bond acceptors (Lipinski definition) is 4. The number of hydrogen-bond donors (Lipinski definition) is 1. The molecule has 2 aromatic carbocycles.